The minimum Gasteiger partial charge on any atom is -0.309 e. The van der Waals surface area contributed by atoms with Crippen molar-refractivity contribution in [3.05, 3.63) is 64.7 Å². The molecule has 1 aromatic carbocycles. The summed E-state index contributed by atoms with van der Waals surface area (Å²) in [5, 5.41) is 3.27. The topological polar surface area (TPSA) is 24.9 Å². The molecule has 0 saturated carbocycles. The molecule has 19 heavy (non-hydrogen) atoms. The lowest BCUT2D eigenvalue weighted by atomic mass is 9.94. The van der Waals surface area contributed by atoms with Gasteiger partial charge >= 0.3 is 0 Å². The van der Waals surface area contributed by atoms with Gasteiger partial charge in [0.05, 0.1) is 6.04 Å². The molecule has 3 heteroatoms. The van der Waals surface area contributed by atoms with Crippen LogP contribution in [0.25, 0.3) is 0 Å². The van der Waals surface area contributed by atoms with Gasteiger partial charge in [0.15, 0.2) is 0 Å². The third kappa shape index (κ3) is 2.99. The normalized spacial score (nSPS) is 12.4. The first kappa shape index (κ1) is 13.7. The average molecular weight is 258 g/mol. The molecule has 0 aliphatic heterocycles. The largest absolute Gasteiger partial charge is 0.309 e. The third-order valence-corrected chi connectivity index (χ3v) is 3.32. The van der Waals surface area contributed by atoms with Gasteiger partial charge in [-0.1, -0.05) is 13.0 Å². The maximum Gasteiger partial charge on any atom is 0.123 e. The Kier molecular flexibility index (Phi) is 4.27. The second kappa shape index (κ2) is 5.93. The first-order valence-corrected chi connectivity index (χ1v) is 6.52. The second-order valence-corrected chi connectivity index (χ2v) is 4.71. The number of hydrogen-bond acceptors (Lipinski definition) is 2. The Labute approximate surface area is 113 Å². The molecule has 0 fully saturated rings. The summed E-state index contributed by atoms with van der Waals surface area (Å²) in [6.07, 6.45) is 4.58. The van der Waals surface area contributed by atoms with Crippen molar-refractivity contribution in [2.75, 3.05) is 7.05 Å². The highest BCUT2D eigenvalue weighted by molar-refractivity contribution is 5.37. The SMILES string of the molecule is CCc1cnccc1C(NC)c1cc(C)cc(F)c1. The molecule has 0 radical (unpaired) electrons. The molecular weight excluding hydrogens is 239 g/mol. The molecule has 1 heterocycles. The number of hydrogen-bond donors (Lipinski definition) is 1. The fraction of sp³-hybridized carbons (Fsp3) is 0.312. The molecule has 0 spiro atoms. The van der Waals surface area contributed by atoms with E-state index in [-0.39, 0.29) is 11.9 Å². The lowest BCUT2D eigenvalue weighted by Crippen LogP contribution is -2.19. The van der Waals surface area contributed by atoms with Crippen molar-refractivity contribution < 1.29 is 4.39 Å². The van der Waals surface area contributed by atoms with E-state index in [9.17, 15) is 4.39 Å². The Morgan fingerprint density at radius 2 is 2.11 bits per heavy atom. The minimum atomic E-state index is -0.192. The number of halogens is 1. The van der Waals surface area contributed by atoms with Gasteiger partial charge < -0.3 is 5.32 Å². The number of aromatic nitrogens is 1. The highest BCUT2D eigenvalue weighted by Gasteiger charge is 2.16. The molecule has 1 aromatic heterocycles. The predicted molar refractivity (Wildman–Crippen MR) is 75.7 cm³/mol. The average Bonchev–Trinajstić information content (AvgIpc) is 2.39. The van der Waals surface area contributed by atoms with Crippen LogP contribution in [0.3, 0.4) is 0 Å². The van der Waals surface area contributed by atoms with Gasteiger partial charge in [0.25, 0.3) is 0 Å². The first-order valence-electron chi connectivity index (χ1n) is 6.52. The highest BCUT2D eigenvalue weighted by atomic mass is 19.1. The molecule has 0 amide bonds. The quantitative estimate of drug-likeness (QED) is 0.909. The Hall–Kier alpha value is -1.74. The zero-order chi connectivity index (χ0) is 13.8. The minimum absolute atomic E-state index is 0.00708. The van der Waals surface area contributed by atoms with Crippen LogP contribution >= 0.6 is 0 Å². The molecule has 2 rings (SSSR count). The van der Waals surface area contributed by atoms with E-state index < -0.39 is 0 Å². The molecule has 2 aromatic rings. The number of nitrogens with one attached hydrogen (secondary N) is 1. The van der Waals surface area contributed by atoms with Gasteiger partial charge in [-0.15, -0.1) is 0 Å². The van der Waals surface area contributed by atoms with Crippen LogP contribution in [-0.4, -0.2) is 12.0 Å². The van der Waals surface area contributed by atoms with Crippen LogP contribution < -0.4 is 5.32 Å². The molecule has 1 unspecified atom stereocenters. The Morgan fingerprint density at radius 3 is 2.74 bits per heavy atom. The number of benzene rings is 1. The van der Waals surface area contributed by atoms with Crippen LogP contribution in [0.15, 0.2) is 36.7 Å². The lowest BCUT2D eigenvalue weighted by molar-refractivity contribution is 0.614. The Bertz CT molecular complexity index is 546. The molecule has 0 saturated heterocycles. The van der Waals surface area contributed by atoms with Crippen molar-refractivity contribution in [2.45, 2.75) is 26.3 Å². The van der Waals surface area contributed by atoms with Gasteiger partial charge in [-0.2, -0.15) is 0 Å². The summed E-state index contributed by atoms with van der Waals surface area (Å²) in [5.41, 5.74) is 4.22. The first-order chi connectivity index (χ1) is 9.15. The zero-order valence-corrected chi connectivity index (χ0v) is 11.6. The number of pyridine rings is 1. The predicted octanol–water partition coefficient (Wildman–Crippen LogP) is 3.40. The fourth-order valence-electron chi connectivity index (χ4n) is 2.45. The van der Waals surface area contributed by atoms with E-state index in [0.29, 0.717) is 0 Å². The van der Waals surface area contributed by atoms with E-state index in [0.717, 1.165) is 23.1 Å². The van der Waals surface area contributed by atoms with Crippen LogP contribution in [-0.2, 0) is 6.42 Å². The van der Waals surface area contributed by atoms with Crippen molar-refractivity contribution in [3.8, 4) is 0 Å². The summed E-state index contributed by atoms with van der Waals surface area (Å²) in [6.45, 7) is 4.01. The van der Waals surface area contributed by atoms with Gasteiger partial charge in [-0.25, -0.2) is 4.39 Å². The molecule has 1 N–H and O–H groups in total. The van der Waals surface area contributed by atoms with Crippen LogP contribution in [0, 0.1) is 12.7 Å². The van der Waals surface area contributed by atoms with Crippen LogP contribution in [0.5, 0.6) is 0 Å². The fourth-order valence-corrected chi connectivity index (χ4v) is 2.45. The van der Waals surface area contributed by atoms with Gasteiger partial charge in [0, 0.05) is 12.4 Å². The second-order valence-electron chi connectivity index (χ2n) is 4.71. The Morgan fingerprint density at radius 1 is 1.32 bits per heavy atom. The van der Waals surface area contributed by atoms with Crippen molar-refractivity contribution in [1.82, 2.24) is 10.3 Å². The number of rotatable bonds is 4. The zero-order valence-electron chi connectivity index (χ0n) is 11.6. The maximum absolute atomic E-state index is 13.6. The molecule has 1 atom stereocenters. The van der Waals surface area contributed by atoms with Crippen LogP contribution in [0.4, 0.5) is 4.39 Å². The van der Waals surface area contributed by atoms with Crippen molar-refractivity contribution in [2.24, 2.45) is 0 Å². The smallest absolute Gasteiger partial charge is 0.123 e. The van der Waals surface area contributed by atoms with E-state index in [1.165, 1.54) is 5.56 Å². The van der Waals surface area contributed by atoms with Gasteiger partial charge in [0.2, 0.25) is 0 Å². The molecule has 100 valence electrons. The van der Waals surface area contributed by atoms with E-state index in [4.69, 9.17) is 0 Å². The maximum atomic E-state index is 13.6. The van der Waals surface area contributed by atoms with Crippen molar-refractivity contribution in [1.29, 1.82) is 0 Å². The molecule has 0 bridgehead atoms. The highest BCUT2D eigenvalue weighted by Crippen LogP contribution is 2.26. The third-order valence-electron chi connectivity index (χ3n) is 3.32. The molecule has 0 aliphatic carbocycles. The molecular formula is C16H19FN2. The van der Waals surface area contributed by atoms with E-state index in [2.05, 4.69) is 17.2 Å². The van der Waals surface area contributed by atoms with Gasteiger partial charge in [0.1, 0.15) is 5.82 Å². The summed E-state index contributed by atoms with van der Waals surface area (Å²) >= 11 is 0. The summed E-state index contributed by atoms with van der Waals surface area (Å²) in [5.74, 6) is -0.192. The van der Waals surface area contributed by atoms with E-state index in [1.807, 2.05) is 32.3 Å². The van der Waals surface area contributed by atoms with Gasteiger partial charge in [-0.05, 0) is 60.8 Å². The summed E-state index contributed by atoms with van der Waals surface area (Å²) in [7, 11) is 1.89. The number of aryl methyl sites for hydroxylation is 2. The Balaban J connectivity index is 2.49. The van der Waals surface area contributed by atoms with E-state index >= 15 is 0 Å². The van der Waals surface area contributed by atoms with E-state index in [1.54, 1.807) is 18.3 Å². The van der Waals surface area contributed by atoms with Gasteiger partial charge in [-0.3, -0.25) is 4.98 Å². The summed E-state index contributed by atoms with van der Waals surface area (Å²) < 4.78 is 13.6. The van der Waals surface area contributed by atoms with Crippen molar-refractivity contribution in [3.63, 3.8) is 0 Å². The standard InChI is InChI=1S/C16H19FN2/c1-4-12-10-19-6-5-15(12)16(18-3)13-7-11(2)8-14(17)9-13/h5-10,16,18H,4H2,1-3H3. The lowest BCUT2D eigenvalue weighted by Gasteiger charge is -2.20. The monoisotopic (exact) mass is 258 g/mol. The van der Waals surface area contributed by atoms with Crippen molar-refractivity contribution >= 4 is 0 Å². The number of nitrogens with zero attached hydrogens (tertiary/aromatic N) is 1. The van der Waals surface area contributed by atoms with Crippen LogP contribution in [0.1, 0.15) is 35.2 Å². The van der Waals surface area contributed by atoms with Crippen LogP contribution in [0.2, 0.25) is 0 Å². The molecule has 0 aliphatic rings. The summed E-state index contributed by atoms with van der Waals surface area (Å²) in [4.78, 5) is 4.16. The molecule has 2 nitrogen and oxygen atoms in total. The summed E-state index contributed by atoms with van der Waals surface area (Å²) in [6, 6.07) is 7.15.